The van der Waals surface area contributed by atoms with Gasteiger partial charge in [-0.2, -0.15) is 4.31 Å². The molecular formula is C35H49N5O8S. The minimum atomic E-state index is -4.15. The number of hydrogen-bond acceptors (Lipinski definition) is 10. The molecule has 1 amide bonds. The van der Waals surface area contributed by atoms with Crippen LogP contribution in [0, 0.1) is 11.8 Å². The van der Waals surface area contributed by atoms with E-state index in [2.05, 4.69) is 15.3 Å². The molecule has 3 heterocycles. The number of ether oxygens (including phenoxy) is 3. The summed E-state index contributed by atoms with van der Waals surface area (Å²) in [5.74, 6) is -0.215. The van der Waals surface area contributed by atoms with Crippen LogP contribution in [0.5, 0.6) is 5.88 Å². The zero-order valence-corrected chi connectivity index (χ0v) is 29.7. The van der Waals surface area contributed by atoms with Crippen LogP contribution in [0.1, 0.15) is 38.3 Å². The lowest BCUT2D eigenvalue weighted by atomic mass is 10.0. The molecule has 1 aromatic heterocycles. The fraction of sp³-hybridized carbons (Fsp3) is 0.543. The van der Waals surface area contributed by atoms with Crippen LogP contribution in [0.15, 0.2) is 58.4 Å². The van der Waals surface area contributed by atoms with Crippen LogP contribution < -0.4 is 5.32 Å². The third kappa shape index (κ3) is 8.99. The summed E-state index contributed by atoms with van der Waals surface area (Å²) < 4.78 is 46.7. The molecule has 4 N–H and O–H groups in total. The van der Waals surface area contributed by atoms with Crippen molar-refractivity contribution in [1.82, 2.24) is 19.5 Å². The molecule has 0 bridgehead atoms. The molecule has 268 valence electrons. The number of aliphatic imine (C=N–C) groups is 1. The van der Waals surface area contributed by atoms with Crippen molar-refractivity contribution in [2.45, 2.75) is 63.0 Å². The highest BCUT2D eigenvalue weighted by Gasteiger charge is 2.44. The second-order valence-corrected chi connectivity index (χ2v) is 15.5. The van der Waals surface area contributed by atoms with Crippen LogP contribution >= 0.6 is 0 Å². The molecule has 3 aromatic rings. The van der Waals surface area contributed by atoms with E-state index in [1.54, 1.807) is 13.0 Å². The second-order valence-electron chi connectivity index (χ2n) is 13.5. The molecule has 2 unspecified atom stereocenters. The Kier molecular flexibility index (Phi) is 12.0. The lowest BCUT2D eigenvalue weighted by molar-refractivity contribution is -0.0907. The maximum absolute atomic E-state index is 14.3. The van der Waals surface area contributed by atoms with Crippen LogP contribution in [0.2, 0.25) is 0 Å². The number of benzene rings is 2. The van der Waals surface area contributed by atoms with Gasteiger partial charge in [0.1, 0.15) is 6.10 Å². The fourth-order valence-electron chi connectivity index (χ4n) is 6.36. The van der Waals surface area contributed by atoms with Gasteiger partial charge in [-0.25, -0.2) is 13.2 Å². The number of aromatic hydroxyl groups is 1. The number of nitrogens with one attached hydrogen (secondary N) is 2. The number of aliphatic hydroxyl groups excluding tert-OH is 1. The van der Waals surface area contributed by atoms with Gasteiger partial charge in [-0.15, -0.1) is 0 Å². The number of amides is 1. The Balaban J connectivity index is 1.39. The zero-order valence-electron chi connectivity index (χ0n) is 28.8. The Morgan fingerprint density at radius 3 is 2.61 bits per heavy atom. The summed E-state index contributed by atoms with van der Waals surface area (Å²) in [6.45, 7) is 7.41. The number of likely N-dealkylation sites (N-methyl/N-ethyl adjacent to an activating group) is 1. The van der Waals surface area contributed by atoms with E-state index in [-0.39, 0.29) is 55.0 Å². The molecule has 0 spiro atoms. The molecule has 5 atom stereocenters. The number of carbonyl (C=O) groups is 1. The summed E-state index contributed by atoms with van der Waals surface area (Å²) in [5, 5.41) is 25.7. The first-order valence-corrected chi connectivity index (χ1v) is 18.2. The van der Waals surface area contributed by atoms with E-state index in [1.165, 1.54) is 16.4 Å². The Morgan fingerprint density at radius 2 is 1.90 bits per heavy atom. The number of carbonyl (C=O) groups excluding carboxylic acids is 1. The highest BCUT2D eigenvalue weighted by atomic mass is 32.2. The second kappa shape index (κ2) is 16.0. The smallest absolute Gasteiger partial charge is 0.407 e. The third-order valence-corrected chi connectivity index (χ3v) is 10.7. The number of rotatable bonds is 15. The van der Waals surface area contributed by atoms with E-state index in [0.29, 0.717) is 35.3 Å². The van der Waals surface area contributed by atoms with Crippen molar-refractivity contribution in [1.29, 1.82) is 0 Å². The zero-order chi connectivity index (χ0) is 35.3. The van der Waals surface area contributed by atoms with Crippen molar-refractivity contribution in [3.63, 3.8) is 0 Å². The van der Waals surface area contributed by atoms with E-state index in [1.807, 2.05) is 63.2 Å². The van der Waals surface area contributed by atoms with Gasteiger partial charge in [0.25, 0.3) is 0 Å². The molecule has 2 fully saturated rings. The van der Waals surface area contributed by atoms with Gasteiger partial charge in [0, 0.05) is 36.2 Å². The molecule has 5 rings (SSSR count). The van der Waals surface area contributed by atoms with Crippen molar-refractivity contribution in [2.75, 3.05) is 53.5 Å². The topological polar surface area (TPSA) is 166 Å². The Labute approximate surface area is 288 Å². The van der Waals surface area contributed by atoms with Gasteiger partial charge in [-0.1, -0.05) is 44.2 Å². The number of aliphatic hydroxyl groups is 1. The van der Waals surface area contributed by atoms with Gasteiger partial charge >= 0.3 is 6.09 Å². The summed E-state index contributed by atoms with van der Waals surface area (Å²) in [6.07, 6.45) is -1.90. The first kappa shape index (κ1) is 36.7. The molecule has 2 aliphatic heterocycles. The largest absolute Gasteiger partial charge is 0.494 e. The van der Waals surface area contributed by atoms with Crippen LogP contribution in [0.4, 0.5) is 4.79 Å². The SMILES string of the molecule is CC(=NCCN(C)C)c1c(O)[nH]c2ccc(S(=O)(=O)N(CC(C)C)C[C@@H](O)[C@H](Cc3ccccc3)NC(=O)O[C@H]3COC4OCCC43)cc12. The van der Waals surface area contributed by atoms with Crippen molar-refractivity contribution < 1.29 is 37.6 Å². The molecule has 2 saturated heterocycles. The third-order valence-electron chi connectivity index (χ3n) is 8.92. The number of aromatic amines is 1. The van der Waals surface area contributed by atoms with E-state index in [9.17, 15) is 23.4 Å². The van der Waals surface area contributed by atoms with Gasteiger partial charge in [-0.3, -0.25) is 4.99 Å². The highest BCUT2D eigenvalue weighted by Crippen LogP contribution is 2.33. The number of sulfonamides is 1. The number of alkyl carbamates (subject to hydrolysis) is 1. The maximum Gasteiger partial charge on any atom is 0.407 e. The lowest BCUT2D eigenvalue weighted by Crippen LogP contribution is -2.51. The summed E-state index contributed by atoms with van der Waals surface area (Å²) in [5.41, 5.74) is 2.44. The minimum absolute atomic E-state index is 0.00994. The Hall–Kier alpha value is -3.53. The quantitative estimate of drug-likeness (QED) is 0.174. The number of aromatic nitrogens is 1. The molecular weight excluding hydrogens is 650 g/mol. The maximum atomic E-state index is 14.3. The van der Waals surface area contributed by atoms with E-state index < -0.39 is 34.4 Å². The van der Waals surface area contributed by atoms with Gasteiger partial charge in [-0.05, 0) is 63.5 Å². The monoisotopic (exact) mass is 699 g/mol. The standard InChI is InChI=1S/C35H49N5O8S/c1-22(2)19-40(49(44,45)25-11-12-28-27(18-25)32(33(42)37-28)23(3)36-14-15-39(4)5)20-30(41)29(17-24-9-7-6-8-10-24)38-35(43)48-31-21-47-34-26(31)13-16-46-34/h6-12,18,22,26,29-31,34,37,41-42H,13-17,19-21H2,1-5H3,(H,38,43)/t26?,29-,30+,31-,34?/m0/s1. The van der Waals surface area contributed by atoms with Crippen molar-refractivity contribution >= 4 is 32.7 Å². The molecule has 2 aliphatic rings. The average molecular weight is 700 g/mol. The van der Waals surface area contributed by atoms with E-state index >= 15 is 0 Å². The summed E-state index contributed by atoms with van der Waals surface area (Å²) >= 11 is 0. The normalized spacial score (nSPS) is 21.1. The van der Waals surface area contributed by atoms with Crippen molar-refractivity contribution in [2.24, 2.45) is 16.8 Å². The highest BCUT2D eigenvalue weighted by molar-refractivity contribution is 7.89. The first-order chi connectivity index (χ1) is 23.3. The van der Waals surface area contributed by atoms with Crippen molar-refractivity contribution in [3.05, 3.63) is 59.7 Å². The van der Waals surface area contributed by atoms with Gasteiger partial charge in [0.05, 0.1) is 48.3 Å². The molecule has 0 aliphatic carbocycles. The summed E-state index contributed by atoms with van der Waals surface area (Å²) in [7, 11) is -0.257. The number of hydrogen-bond donors (Lipinski definition) is 4. The molecule has 2 aromatic carbocycles. The average Bonchev–Trinajstić information content (AvgIpc) is 3.75. The predicted molar refractivity (Wildman–Crippen MR) is 186 cm³/mol. The van der Waals surface area contributed by atoms with Crippen molar-refractivity contribution in [3.8, 4) is 5.88 Å². The number of nitrogens with zero attached hydrogens (tertiary/aromatic N) is 3. The van der Waals surface area contributed by atoms with Gasteiger partial charge in [0.2, 0.25) is 10.0 Å². The lowest BCUT2D eigenvalue weighted by Gasteiger charge is -2.31. The molecule has 0 saturated carbocycles. The van der Waals surface area contributed by atoms with Crippen LogP contribution in [-0.2, 0) is 30.7 Å². The van der Waals surface area contributed by atoms with Gasteiger partial charge in [0.15, 0.2) is 12.2 Å². The number of fused-ring (bicyclic) bond motifs is 2. The predicted octanol–water partition coefficient (Wildman–Crippen LogP) is 3.35. The van der Waals surface area contributed by atoms with Crippen LogP contribution in [-0.4, -0.2) is 123 Å². The van der Waals surface area contributed by atoms with E-state index in [4.69, 9.17) is 14.2 Å². The van der Waals surface area contributed by atoms with Crippen LogP contribution in [0.3, 0.4) is 0 Å². The molecule has 49 heavy (non-hydrogen) atoms. The summed E-state index contributed by atoms with van der Waals surface area (Å²) in [6, 6.07) is 13.1. The first-order valence-electron chi connectivity index (χ1n) is 16.8. The summed E-state index contributed by atoms with van der Waals surface area (Å²) in [4.78, 5) is 22.7. The van der Waals surface area contributed by atoms with Gasteiger partial charge < -0.3 is 39.6 Å². The minimum Gasteiger partial charge on any atom is -0.494 e. The fourth-order valence-corrected chi connectivity index (χ4v) is 8.01. The molecule has 13 nitrogen and oxygen atoms in total. The Morgan fingerprint density at radius 1 is 1.14 bits per heavy atom. The Bertz CT molecular complexity index is 1710. The van der Waals surface area contributed by atoms with Crippen LogP contribution in [0.25, 0.3) is 10.9 Å². The molecule has 0 radical (unpaired) electrons. The molecule has 14 heteroatoms. The number of H-pyrrole nitrogens is 1. The van der Waals surface area contributed by atoms with E-state index in [0.717, 1.165) is 18.5 Å².